The lowest BCUT2D eigenvalue weighted by atomic mass is 10.3. The summed E-state index contributed by atoms with van der Waals surface area (Å²) in [5.74, 6) is 0.184. The van der Waals surface area contributed by atoms with Gasteiger partial charge in [-0.25, -0.2) is 9.37 Å². The van der Waals surface area contributed by atoms with Crippen molar-refractivity contribution in [2.75, 3.05) is 16.4 Å². The maximum atomic E-state index is 12.7. The Morgan fingerprint density at radius 2 is 2.00 bits per heavy atom. The highest BCUT2D eigenvalue weighted by Gasteiger charge is 2.06. The van der Waals surface area contributed by atoms with E-state index in [-0.39, 0.29) is 23.4 Å². The fraction of sp³-hybridized carbons (Fsp3) is 0.214. The molecule has 0 radical (unpaired) electrons. The van der Waals surface area contributed by atoms with E-state index in [0.717, 1.165) is 5.69 Å². The molecule has 116 valence electrons. The number of carbonyl (C=O) groups is 2. The van der Waals surface area contributed by atoms with E-state index in [1.807, 2.05) is 5.38 Å². The van der Waals surface area contributed by atoms with Crippen molar-refractivity contribution in [3.8, 4) is 0 Å². The third-order valence-electron chi connectivity index (χ3n) is 2.45. The van der Waals surface area contributed by atoms with Crippen LogP contribution in [0.25, 0.3) is 0 Å². The number of thiazole rings is 1. The summed E-state index contributed by atoms with van der Waals surface area (Å²) < 4.78 is 12.7. The van der Waals surface area contributed by atoms with Crippen molar-refractivity contribution in [2.24, 2.45) is 0 Å². The first kappa shape index (κ1) is 16.4. The highest BCUT2D eigenvalue weighted by Crippen LogP contribution is 2.19. The molecule has 0 saturated carbocycles. The normalized spacial score (nSPS) is 10.3. The van der Waals surface area contributed by atoms with Crippen molar-refractivity contribution in [1.29, 1.82) is 0 Å². The molecule has 0 aliphatic heterocycles. The zero-order chi connectivity index (χ0) is 15.9. The van der Waals surface area contributed by atoms with E-state index < -0.39 is 0 Å². The van der Waals surface area contributed by atoms with Crippen LogP contribution in [0.2, 0.25) is 0 Å². The van der Waals surface area contributed by atoms with Crippen molar-refractivity contribution >= 4 is 45.7 Å². The fourth-order valence-corrected chi connectivity index (χ4v) is 3.14. The second-order valence-electron chi connectivity index (χ2n) is 4.37. The van der Waals surface area contributed by atoms with Gasteiger partial charge in [0.1, 0.15) is 5.82 Å². The summed E-state index contributed by atoms with van der Waals surface area (Å²) in [6, 6.07) is 5.61. The highest BCUT2D eigenvalue weighted by molar-refractivity contribution is 7.99. The standard InChI is InChI=1S/C14H14FN3O2S2/c1-9(19)16-14-18-12(7-22-14)6-21-8-13(20)17-11-4-2-10(15)3-5-11/h2-5,7H,6,8H2,1H3,(H,17,20)(H,16,18,19). The molecule has 0 bridgehead atoms. The van der Waals surface area contributed by atoms with Gasteiger partial charge in [-0.05, 0) is 24.3 Å². The molecule has 2 N–H and O–H groups in total. The van der Waals surface area contributed by atoms with Gasteiger partial charge in [-0.15, -0.1) is 23.1 Å². The van der Waals surface area contributed by atoms with E-state index in [1.54, 1.807) is 0 Å². The van der Waals surface area contributed by atoms with Crippen LogP contribution in [0.5, 0.6) is 0 Å². The van der Waals surface area contributed by atoms with Gasteiger partial charge in [-0.2, -0.15) is 0 Å². The number of hydrogen-bond acceptors (Lipinski definition) is 5. The van der Waals surface area contributed by atoms with Gasteiger partial charge in [0.25, 0.3) is 0 Å². The summed E-state index contributed by atoms with van der Waals surface area (Å²) in [5.41, 5.74) is 1.38. The van der Waals surface area contributed by atoms with E-state index in [2.05, 4.69) is 15.6 Å². The van der Waals surface area contributed by atoms with Crippen LogP contribution in [-0.4, -0.2) is 22.6 Å². The molecule has 8 heteroatoms. The second kappa shape index (κ2) is 7.90. The van der Waals surface area contributed by atoms with Crippen LogP contribution in [0, 0.1) is 5.82 Å². The van der Waals surface area contributed by atoms with Crippen LogP contribution in [0.15, 0.2) is 29.6 Å². The van der Waals surface area contributed by atoms with Crippen molar-refractivity contribution in [3.63, 3.8) is 0 Å². The van der Waals surface area contributed by atoms with E-state index in [9.17, 15) is 14.0 Å². The van der Waals surface area contributed by atoms with Crippen molar-refractivity contribution in [2.45, 2.75) is 12.7 Å². The zero-order valence-electron chi connectivity index (χ0n) is 11.8. The average molecular weight is 339 g/mol. The first-order valence-electron chi connectivity index (χ1n) is 6.38. The molecule has 0 atom stereocenters. The molecule has 0 aliphatic carbocycles. The Bertz CT molecular complexity index is 658. The Labute approximate surface area is 135 Å². The molecule has 1 aromatic heterocycles. The van der Waals surface area contributed by atoms with Crippen molar-refractivity contribution in [3.05, 3.63) is 41.2 Å². The lowest BCUT2D eigenvalue weighted by Gasteiger charge is -2.04. The van der Waals surface area contributed by atoms with Gasteiger partial charge in [0.05, 0.1) is 11.4 Å². The number of rotatable bonds is 6. The lowest BCUT2D eigenvalue weighted by molar-refractivity contribution is -0.114. The van der Waals surface area contributed by atoms with E-state index in [4.69, 9.17) is 0 Å². The number of halogens is 1. The Kier molecular flexibility index (Phi) is 5.91. The lowest BCUT2D eigenvalue weighted by Crippen LogP contribution is -2.14. The second-order valence-corrected chi connectivity index (χ2v) is 6.22. The predicted molar refractivity (Wildman–Crippen MR) is 87.6 cm³/mol. The molecule has 2 amide bonds. The topological polar surface area (TPSA) is 71.1 Å². The monoisotopic (exact) mass is 339 g/mol. The van der Waals surface area contributed by atoms with Crippen LogP contribution in [0.3, 0.4) is 0 Å². The molecule has 0 saturated heterocycles. The zero-order valence-corrected chi connectivity index (χ0v) is 13.4. The van der Waals surface area contributed by atoms with Gasteiger partial charge in [-0.3, -0.25) is 9.59 Å². The number of aromatic nitrogens is 1. The minimum absolute atomic E-state index is 0.158. The maximum Gasteiger partial charge on any atom is 0.234 e. The Balaban J connectivity index is 1.73. The van der Waals surface area contributed by atoms with Gasteiger partial charge in [-0.1, -0.05) is 0 Å². The number of carbonyl (C=O) groups excluding carboxylic acids is 2. The van der Waals surface area contributed by atoms with Gasteiger partial charge in [0.15, 0.2) is 5.13 Å². The van der Waals surface area contributed by atoms with Crippen LogP contribution in [0.4, 0.5) is 15.2 Å². The first-order valence-corrected chi connectivity index (χ1v) is 8.41. The molecule has 22 heavy (non-hydrogen) atoms. The van der Waals surface area contributed by atoms with Gasteiger partial charge >= 0.3 is 0 Å². The number of nitrogens with zero attached hydrogens (tertiary/aromatic N) is 1. The molecule has 2 rings (SSSR count). The quantitative estimate of drug-likeness (QED) is 0.848. The largest absolute Gasteiger partial charge is 0.325 e. The van der Waals surface area contributed by atoms with E-state index in [1.165, 1.54) is 54.3 Å². The Hall–Kier alpha value is -1.93. The Morgan fingerprint density at radius 1 is 1.27 bits per heavy atom. The first-order chi connectivity index (χ1) is 10.5. The predicted octanol–water partition coefficient (Wildman–Crippen LogP) is 3.11. The number of anilines is 2. The smallest absolute Gasteiger partial charge is 0.234 e. The van der Waals surface area contributed by atoms with Crippen molar-refractivity contribution in [1.82, 2.24) is 4.98 Å². The van der Waals surface area contributed by atoms with E-state index >= 15 is 0 Å². The summed E-state index contributed by atoms with van der Waals surface area (Å²) in [4.78, 5) is 26.9. The minimum Gasteiger partial charge on any atom is -0.325 e. The number of amides is 2. The third kappa shape index (κ3) is 5.45. The summed E-state index contributed by atoms with van der Waals surface area (Å²) in [6.07, 6.45) is 0. The fourth-order valence-electron chi connectivity index (χ4n) is 1.56. The average Bonchev–Trinajstić information content (AvgIpc) is 2.88. The van der Waals surface area contributed by atoms with Gasteiger partial charge < -0.3 is 10.6 Å². The van der Waals surface area contributed by atoms with Gasteiger partial charge in [0, 0.05) is 23.7 Å². The highest BCUT2D eigenvalue weighted by atomic mass is 32.2. The molecule has 0 spiro atoms. The Morgan fingerprint density at radius 3 is 2.68 bits per heavy atom. The molecular formula is C14H14FN3O2S2. The molecule has 2 aromatic rings. The number of benzene rings is 1. The summed E-state index contributed by atoms with van der Waals surface area (Å²) >= 11 is 2.76. The summed E-state index contributed by atoms with van der Waals surface area (Å²) in [6.45, 7) is 1.43. The van der Waals surface area contributed by atoms with E-state index in [0.29, 0.717) is 16.6 Å². The van der Waals surface area contributed by atoms with Crippen molar-refractivity contribution < 1.29 is 14.0 Å². The third-order valence-corrected chi connectivity index (χ3v) is 4.22. The SMILES string of the molecule is CC(=O)Nc1nc(CSCC(=O)Nc2ccc(F)cc2)cs1. The molecule has 0 aliphatic rings. The number of nitrogens with one attached hydrogen (secondary N) is 2. The molecule has 5 nitrogen and oxygen atoms in total. The van der Waals surface area contributed by atoms with Crippen LogP contribution >= 0.6 is 23.1 Å². The van der Waals surface area contributed by atoms with Gasteiger partial charge in [0.2, 0.25) is 11.8 Å². The van der Waals surface area contributed by atoms with Crippen LogP contribution in [-0.2, 0) is 15.3 Å². The number of thioether (sulfide) groups is 1. The molecule has 0 fully saturated rings. The molecular weight excluding hydrogens is 325 g/mol. The molecule has 0 unspecified atom stereocenters. The maximum absolute atomic E-state index is 12.7. The minimum atomic E-state index is -0.342. The summed E-state index contributed by atoms with van der Waals surface area (Å²) in [5, 5.41) is 7.69. The number of hydrogen-bond donors (Lipinski definition) is 2. The molecule has 1 heterocycles. The molecule has 1 aromatic carbocycles. The van der Waals surface area contributed by atoms with Crippen LogP contribution in [0.1, 0.15) is 12.6 Å². The van der Waals surface area contributed by atoms with Crippen LogP contribution < -0.4 is 10.6 Å². The summed E-state index contributed by atoms with van der Waals surface area (Å²) in [7, 11) is 0.